The SMILES string of the molecule is CCCC(Pc1ccc(C)cc1CN(c1ccccc1)c1ccccc1)c1cc(C)cc(C)c1O. The number of aryl methyl sites for hydroxylation is 3. The van der Waals surface area contributed by atoms with Crippen molar-refractivity contribution in [3.05, 3.63) is 119 Å². The Morgan fingerprint density at radius 1 is 0.771 bits per heavy atom. The minimum atomic E-state index is 0.307. The summed E-state index contributed by atoms with van der Waals surface area (Å²) in [6.07, 6.45) is 2.15. The largest absolute Gasteiger partial charge is 0.507 e. The van der Waals surface area contributed by atoms with E-state index in [-0.39, 0.29) is 0 Å². The highest BCUT2D eigenvalue weighted by Crippen LogP contribution is 2.44. The number of aromatic hydroxyl groups is 1. The molecule has 0 aliphatic heterocycles. The van der Waals surface area contributed by atoms with Crippen molar-refractivity contribution in [1.29, 1.82) is 0 Å². The Labute approximate surface area is 212 Å². The molecule has 0 aromatic heterocycles. The summed E-state index contributed by atoms with van der Waals surface area (Å²) in [6.45, 7) is 9.34. The van der Waals surface area contributed by atoms with Crippen molar-refractivity contribution in [3.8, 4) is 5.75 Å². The van der Waals surface area contributed by atoms with Gasteiger partial charge in [-0.2, -0.15) is 0 Å². The zero-order chi connectivity index (χ0) is 24.8. The molecule has 0 bridgehead atoms. The average molecular weight is 482 g/mol. The molecular formula is C32H36NOP. The Hall–Kier alpha value is -3.09. The van der Waals surface area contributed by atoms with Gasteiger partial charge in [-0.15, -0.1) is 0 Å². The number of rotatable bonds is 9. The Morgan fingerprint density at radius 2 is 1.40 bits per heavy atom. The lowest BCUT2D eigenvalue weighted by atomic mass is 10.0. The average Bonchev–Trinajstić information content (AvgIpc) is 2.87. The molecule has 4 rings (SSSR count). The van der Waals surface area contributed by atoms with Gasteiger partial charge in [0, 0.05) is 29.1 Å². The lowest BCUT2D eigenvalue weighted by molar-refractivity contribution is 0.461. The number of anilines is 2. The van der Waals surface area contributed by atoms with Gasteiger partial charge in [0.25, 0.3) is 0 Å². The van der Waals surface area contributed by atoms with E-state index in [4.69, 9.17) is 0 Å². The minimum Gasteiger partial charge on any atom is -0.507 e. The van der Waals surface area contributed by atoms with Gasteiger partial charge in [-0.1, -0.05) is 99.8 Å². The Morgan fingerprint density at radius 3 is 2.00 bits per heavy atom. The summed E-state index contributed by atoms with van der Waals surface area (Å²) in [4.78, 5) is 2.39. The van der Waals surface area contributed by atoms with Crippen LogP contribution in [0.2, 0.25) is 0 Å². The molecule has 2 unspecified atom stereocenters. The van der Waals surface area contributed by atoms with E-state index in [2.05, 4.69) is 117 Å². The first-order valence-corrected chi connectivity index (χ1v) is 13.6. The minimum absolute atomic E-state index is 0.307. The van der Waals surface area contributed by atoms with Gasteiger partial charge in [0.1, 0.15) is 5.75 Å². The van der Waals surface area contributed by atoms with Gasteiger partial charge in [0.05, 0.1) is 0 Å². The zero-order valence-electron chi connectivity index (χ0n) is 21.3. The molecule has 4 aromatic rings. The Bertz CT molecular complexity index is 1210. The molecule has 2 atom stereocenters. The molecular weight excluding hydrogens is 445 g/mol. The summed E-state index contributed by atoms with van der Waals surface area (Å²) in [5, 5.41) is 12.3. The van der Waals surface area contributed by atoms with Crippen molar-refractivity contribution in [2.24, 2.45) is 0 Å². The molecule has 0 saturated carbocycles. The summed E-state index contributed by atoms with van der Waals surface area (Å²) < 4.78 is 0. The van der Waals surface area contributed by atoms with Gasteiger partial charge in [-0.05, 0) is 67.9 Å². The van der Waals surface area contributed by atoms with Gasteiger partial charge in [-0.3, -0.25) is 0 Å². The molecule has 0 aliphatic rings. The van der Waals surface area contributed by atoms with E-state index < -0.39 is 0 Å². The van der Waals surface area contributed by atoms with Crippen molar-refractivity contribution in [2.45, 2.75) is 52.7 Å². The molecule has 35 heavy (non-hydrogen) atoms. The van der Waals surface area contributed by atoms with Gasteiger partial charge in [0.15, 0.2) is 0 Å². The summed E-state index contributed by atoms with van der Waals surface area (Å²) in [5.74, 6) is 0.463. The predicted molar refractivity (Wildman–Crippen MR) is 153 cm³/mol. The van der Waals surface area contributed by atoms with Crippen LogP contribution in [0.5, 0.6) is 5.75 Å². The lowest BCUT2D eigenvalue weighted by Gasteiger charge is -2.28. The second kappa shape index (κ2) is 11.6. The highest BCUT2D eigenvalue weighted by atomic mass is 31.1. The smallest absolute Gasteiger partial charge is 0.122 e. The first-order chi connectivity index (χ1) is 17.0. The number of hydrogen-bond acceptors (Lipinski definition) is 2. The normalized spacial score (nSPS) is 12.2. The van der Waals surface area contributed by atoms with E-state index in [9.17, 15) is 5.11 Å². The number of hydrogen-bond donors (Lipinski definition) is 1. The van der Waals surface area contributed by atoms with Crippen LogP contribution < -0.4 is 10.2 Å². The quantitative estimate of drug-likeness (QED) is 0.242. The Kier molecular flexibility index (Phi) is 8.26. The predicted octanol–water partition coefficient (Wildman–Crippen LogP) is 8.50. The maximum absolute atomic E-state index is 10.9. The van der Waals surface area contributed by atoms with Crippen molar-refractivity contribution in [1.82, 2.24) is 0 Å². The molecule has 0 spiro atoms. The van der Waals surface area contributed by atoms with Crippen LogP contribution in [-0.2, 0) is 6.54 Å². The summed E-state index contributed by atoms with van der Waals surface area (Å²) in [7, 11) is 0.592. The molecule has 0 radical (unpaired) electrons. The first-order valence-electron chi connectivity index (χ1n) is 12.5. The third kappa shape index (κ3) is 6.13. The molecule has 0 fully saturated rings. The summed E-state index contributed by atoms with van der Waals surface area (Å²) in [6, 6.07) is 32.4. The number of phenolic OH excluding ortho intramolecular Hbond substituents is 1. The van der Waals surface area contributed by atoms with Crippen molar-refractivity contribution in [2.75, 3.05) is 4.90 Å². The van der Waals surface area contributed by atoms with Crippen LogP contribution in [0.1, 0.15) is 53.2 Å². The number of phenols is 1. The van der Waals surface area contributed by atoms with Gasteiger partial charge < -0.3 is 10.0 Å². The fourth-order valence-corrected chi connectivity index (χ4v) is 6.45. The number of benzene rings is 4. The molecule has 0 aliphatic carbocycles. The monoisotopic (exact) mass is 481 g/mol. The van der Waals surface area contributed by atoms with Gasteiger partial charge >= 0.3 is 0 Å². The van der Waals surface area contributed by atoms with E-state index >= 15 is 0 Å². The van der Waals surface area contributed by atoms with Crippen LogP contribution in [0.4, 0.5) is 11.4 Å². The maximum Gasteiger partial charge on any atom is 0.122 e. The molecule has 0 saturated heterocycles. The molecule has 0 amide bonds. The second-order valence-corrected chi connectivity index (χ2v) is 10.9. The molecule has 4 aromatic carbocycles. The lowest BCUT2D eigenvalue weighted by Crippen LogP contribution is -2.20. The fourth-order valence-electron chi connectivity index (χ4n) is 4.75. The molecule has 1 N–H and O–H groups in total. The third-order valence-electron chi connectivity index (χ3n) is 6.48. The van der Waals surface area contributed by atoms with E-state index in [1.54, 1.807) is 0 Å². The summed E-state index contributed by atoms with van der Waals surface area (Å²) in [5.41, 5.74) is 8.58. The standard InChI is InChI=1S/C32H36NOP/c1-5-12-31(29-21-24(3)19-25(4)32(29)34)35-30-18-17-23(2)20-26(30)22-33(27-13-8-6-9-14-27)28-15-10-7-11-16-28/h6-11,13-21,31,34-35H,5,12,22H2,1-4H3. The van der Waals surface area contributed by atoms with Gasteiger partial charge in [-0.25, -0.2) is 0 Å². The van der Waals surface area contributed by atoms with Crippen LogP contribution in [0.3, 0.4) is 0 Å². The van der Waals surface area contributed by atoms with Crippen molar-refractivity contribution >= 4 is 25.3 Å². The highest BCUT2D eigenvalue weighted by Gasteiger charge is 2.20. The molecule has 3 heteroatoms. The Balaban J connectivity index is 1.73. The number of para-hydroxylation sites is 2. The van der Waals surface area contributed by atoms with Crippen molar-refractivity contribution < 1.29 is 5.11 Å². The first kappa shape index (κ1) is 25.0. The third-order valence-corrected chi connectivity index (χ3v) is 8.23. The fraction of sp³-hybridized carbons (Fsp3) is 0.250. The van der Waals surface area contributed by atoms with Crippen LogP contribution in [0.25, 0.3) is 0 Å². The summed E-state index contributed by atoms with van der Waals surface area (Å²) >= 11 is 0. The highest BCUT2D eigenvalue weighted by molar-refractivity contribution is 7.47. The molecule has 2 nitrogen and oxygen atoms in total. The van der Waals surface area contributed by atoms with Crippen LogP contribution in [0, 0.1) is 20.8 Å². The topological polar surface area (TPSA) is 23.5 Å². The van der Waals surface area contributed by atoms with E-state index in [1.807, 2.05) is 6.92 Å². The maximum atomic E-state index is 10.9. The van der Waals surface area contributed by atoms with Crippen LogP contribution in [0.15, 0.2) is 91.0 Å². The second-order valence-electron chi connectivity index (χ2n) is 9.42. The van der Waals surface area contributed by atoms with E-state index in [0.717, 1.165) is 30.5 Å². The number of nitrogens with zero attached hydrogens (tertiary/aromatic N) is 1. The zero-order valence-corrected chi connectivity index (χ0v) is 22.3. The molecule has 0 heterocycles. The van der Waals surface area contributed by atoms with E-state index in [0.29, 0.717) is 20.0 Å². The van der Waals surface area contributed by atoms with Gasteiger partial charge in [0.2, 0.25) is 0 Å². The van der Waals surface area contributed by atoms with Crippen molar-refractivity contribution in [3.63, 3.8) is 0 Å². The van der Waals surface area contributed by atoms with Crippen LogP contribution in [-0.4, -0.2) is 5.11 Å². The molecule has 180 valence electrons. The van der Waals surface area contributed by atoms with E-state index in [1.165, 1.54) is 33.4 Å². The van der Waals surface area contributed by atoms with Crippen LogP contribution >= 0.6 is 8.58 Å².